The summed E-state index contributed by atoms with van der Waals surface area (Å²) in [5, 5.41) is 13.3. The van der Waals surface area contributed by atoms with E-state index in [0.29, 0.717) is 5.56 Å². The lowest BCUT2D eigenvalue weighted by atomic mass is 10.1. The number of amides is 2. The van der Waals surface area contributed by atoms with Gasteiger partial charge in [0, 0.05) is 19.7 Å². The van der Waals surface area contributed by atoms with Crippen molar-refractivity contribution in [1.29, 1.82) is 0 Å². The number of rotatable bonds is 4. The number of hydrogen-bond donors (Lipinski definition) is 1. The Bertz CT molecular complexity index is 590. The minimum atomic E-state index is -0.930. The number of hydrogen-bond acceptors (Lipinski definition) is 5. The molecule has 20 heavy (non-hydrogen) atoms. The van der Waals surface area contributed by atoms with Gasteiger partial charge in [-0.25, -0.2) is 0 Å². The summed E-state index contributed by atoms with van der Waals surface area (Å²) in [6, 6.07) is 2.88. The molecular weight excluding hydrogens is 269 g/mol. The van der Waals surface area contributed by atoms with Gasteiger partial charge in [0.05, 0.1) is 17.4 Å². The number of imide groups is 1. The Hall–Kier alpha value is -2.35. The number of likely N-dealkylation sites (tertiary alicyclic amines) is 1. The second-order valence-electron chi connectivity index (χ2n) is 4.47. The van der Waals surface area contributed by atoms with E-state index >= 15 is 0 Å². The standard InChI is InChI=1S/C12H12FN3O4/c1-15-11(17)5-9(12(15)18)14-6-7-2-3-10(16(19)20)8(13)4-7/h2-4,9,14H,5-6H2,1H3. The van der Waals surface area contributed by atoms with Crippen LogP contribution in [0, 0.1) is 15.9 Å². The summed E-state index contributed by atoms with van der Waals surface area (Å²) in [5.41, 5.74) is -0.136. The third-order valence-electron chi connectivity index (χ3n) is 3.14. The van der Waals surface area contributed by atoms with Crippen LogP contribution in [0.15, 0.2) is 18.2 Å². The largest absolute Gasteiger partial charge is 0.304 e. The van der Waals surface area contributed by atoms with Crippen LogP contribution in [0.4, 0.5) is 10.1 Å². The van der Waals surface area contributed by atoms with Crippen molar-refractivity contribution in [1.82, 2.24) is 10.2 Å². The second kappa shape index (κ2) is 5.33. The maximum atomic E-state index is 13.4. The van der Waals surface area contributed by atoms with Crippen LogP contribution in [0.2, 0.25) is 0 Å². The van der Waals surface area contributed by atoms with Crippen molar-refractivity contribution in [3.05, 3.63) is 39.7 Å². The van der Waals surface area contributed by atoms with E-state index in [1.807, 2.05) is 0 Å². The summed E-state index contributed by atoms with van der Waals surface area (Å²) in [5.74, 6) is -1.54. The van der Waals surface area contributed by atoms with E-state index in [2.05, 4.69) is 5.32 Å². The van der Waals surface area contributed by atoms with Gasteiger partial charge in [-0.05, 0) is 11.6 Å². The van der Waals surface area contributed by atoms with Gasteiger partial charge in [-0.15, -0.1) is 0 Å². The van der Waals surface area contributed by atoms with E-state index in [1.54, 1.807) is 0 Å². The molecular formula is C12H12FN3O4. The van der Waals surface area contributed by atoms with E-state index in [0.717, 1.165) is 17.0 Å². The molecule has 0 spiro atoms. The summed E-state index contributed by atoms with van der Waals surface area (Å²) >= 11 is 0. The minimum absolute atomic E-state index is 0.0603. The number of carbonyl (C=O) groups excluding carboxylic acids is 2. The molecule has 0 aromatic heterocycles. The van der Waals surface area contributed by atoms with Crippen molar-refractivity contribution >= 4 is 17.5 Å². The molecule has 2 rings (SSSR count). The Morgan fingerprint density at radius 2 is 2.20 bits per heavy atom. The Kier molecular flexibility index (Phi) is 3.75. The first-order chi connectivity index (χ1) is 9.40. The van der Waals surface area contributed by atoms with Crippen LogP contribution < -0.4 is 5.32 Å². The molecule has 1 N–H and O–H groups in total. The molecule has 2 amide bonds. The van der Waals surface area contributed by atoms with E-state index in [-0.39, 0.29) is 24.8 Å². The van der Waals surface area contributed by atoms with Gasteiger partial charge >= 0.3 is 5.69 Å². The van der Waals surface area contributed by atoms with Crippen molar-refractivity contribution in [2.75, 3.05) is 7.05 Å². The van der Waals surface area contributed by atoms with Crippen LogP contribution >= 0.6 is 0 Å². The predicted molar refractivity (Wildman–Crippen MR) is 66.1 cm³/mol. The fraction of sp³-hybridized carbons (Fsp3) is 0.333. The third kappa shape index (κ3) is 2.64. The summed E-state index contributed by atoms with van der Waals surface area (Å²) in [6.45, 7) is 0.145. The van der Waals surface area contributed by atoms with Crippen molar-refractivity contribution < 1.29 is 18.9 Å². The normalized spacial score (nSPS) is 18.7. The molecule has 1 fully saturated rings. The maximum absolute atomic E-state index is 13.4. The molecule has 1 aromatic rings. The molecule has 0 aliphatic carbocycles. The molecule has 0 radical (unpaired) electrons. The second-order valence-corrected chi connectivity index (χ2v) is 4.47. The zero-order valence-corrected chi connectivity index (χ0v) is 10.6. The van der Waals surface area contributed by atoms with E-state index in [1.165, 1.54) is 13.1 Å². The number of nitro groups is 1. The van der Waals surface area contributed by atoms with Crippen molar-refractivity contribution in [2.24, 2.45) is 0 Å². The zero-order valence-electron chi connectivity index (χ0n) is 10.6. The van der Waals surface area contributed by atoms with Crippen LogP contribution in [0.5, 0.6) is 0 Å². The van der Waals surface area contributed by atoms with Crippen LogP contribution in [-0.2, 0) is 16.1 Å². The van der Waals surface area contributed by atoms with E-state index in [9.17, 15) is 24.1 Å². The molecule has 106 valence electrons. The number of nitrogens with zero attached hydrogens (tertiary/aromatic N) is 2. The van der Waals surface area contributed by atoms with Gasteiger partial charge in [-0.3, -0.25) is 24.6 Å². The number of nitrogens with one attached hydrogen (secondary N) is 1. The molecule has 8 heteroatoms. The van der Waals surface area contributed by atoms with Crippen molar-refractivity contribution in [2.45, 2.75) is 19.0 Å². The quantitative estimate of drug-likeness (QED) is 0.495. The number of carbonyl (C=O) groups is 2. The summed E-state index contributed by atoms with van der Waals surface area (Å²) < 4.78 is 13.4. The molecule has 1 aromatic carbocycles. The van der Waals surface area contributed by atoms with Crippen molar-refractivity contribution in [3.63, 3.8) is 0 Å². The highest BCUT2D eigenvalue weighted by molar-refractivity contribution is 6.05. The first-order valence-corrected chi connectivity index (χ1v) is 5.86. The zero-order chi connectivity index (χ0) is 14.9. The van der Waals surface area contributed by atoms with Gasteiger partial charge in [0.15, 0.2) is 0 Å². The van der Waals surface area contributed by atoms with Crippen molar-refractivity contribution in [3.8, 4) is 0 Å². The minimum Gasteiger partial charge on any atom is -0.301 e. The number of likely N-dealkylation sites (N-methyl/N-ethyl adjacent to an activating group) is 1. The van der Waals surface area contributed by atoms with Gasteiger partial charge in [0.2, 0.25) is 17.6 Å². The Balaban J connectivity index is 2.02. The third-order valence-corrected chi connectivity index (χ3v) is 3.14. The Morgan fingerprint density at radius 3 is 2.70 bits per heavy atom. The summed E-state index contributed by atoms with van der Waals surface area (Å²) in [7, 11) is 1.40. The molecule has 7 nitrogen and oxygen atoms in total. The fourth-order valence-electron chi connectivity index (χ4n) is 1.96. The Morgan fingerprint density at radius 1 is 1.50 bits per heavy atom. The highest BCUT2D eigenvalue weighted by Crippen LogP contribution is 2.18. The van der Waals surface area contributed by atoms with Crippen LogP contribution in [0.25, 0.3) is 0 Å². The molecule has 1 aliphatic rings. The topological polar surface area (TPSA) is 92.6 Å². The lowest BCUT2D eigenvalue weighted by Crippen LogP contribution is -2.36. The smallest absolute Gasteiger partial charge is 0.301 e. The number of halogens is 1. The first kappa shape index (κ1) is 14.1. The lowest BCUT2D eigenvalue weighted by molar-refractivity contribution is -0.387. The lowest BCUT2D eigenvalue weighted by Gasteiger charge is -2.11. The maximum Gasteiger partial charge on any atom is 0.304 e. The molecule has 0 bridgehead atoms. The molecule has 1 saturated heterocycles. The monoisotopic (exact) mass is 281 g/mol. The highest BCUT2D eigenvalue weighted by Gasteiger charge is 2.35. The predicted octanol–water partition coefficient (Wildman–Crippen LogP) is 0.581. The fourth-order valence-corrected chi connectivity index (χ4v) is 1.96. The summed E-state index contributed by atoms with van der Waals surface area (Å²) in [4.78, 5) is 33.6. The van der Waals surface area contributed by atoms with Crippen LogP contribution in [0.3, 0.4) is 0 Å². The average Bonchev–Trinajstić information content (AvgIpc) is 2.63. The van der Waals surface area contributed by atoms with Crippen LogP contribution in [-0.4, -0.2) is 34.7 Å². The molecule has 1 heterocycles. The molecule has 0 saturated carbocycles. The van der Waals surface area contributed by atoms with Gasteiger partial charge in [-0.1, -0.05) is 6.07 Å². The van der Waals surface area contributed by atoms with Gasteiger partial charge in [-0.2, -0.15) is 4.39 Å². The van der Waals surface area contributed by atoms with E-state index in [4.69, 9.17) is 0 Å². The molecule has 1 aliphatic heterocycles. The number of nitro benzene ring substituents is 1. The summed E-state index contributed by atoms with van der Waals surface area (Å²) in [6.07, 6.45) is 0.0603. The number of benzene rings is 1. The van der Waals surface area contributed by atoms with Crippen LogP contribution in [0.1, 0.15) is 12.0 Å². The molecule has 1 atom stereocenters. The van der Waals surface area contributed by atoms with Gasteiger partial charge < -0.3 is 5.32 Å². The SMILES string of the molecule is CN1C(=O)CC(NCc2ccc([N+](=O)[O-])c(F)c2)C1=O. The van der Waals surface area contributed by atoms with E-state index < -0.39 is 22.5 Å². The highest BCUT2D eigenvalue weighted by atomic mass is 19.1. The average molecular weight is 281 g/mol. The van der Waals surface area contributed by atoms with Gasteiger partial charge in [0.1, 0.15) is 0 Å². The first-order valence-electron chi connectivity index (χ1n) is 5.86. The Labute approximate surface area is 113 Å². The van der Waals surface area contributed by atoms with Gasteiger partial charge in [0.25, 0.3) is 0 Å². The molecule has 1 unspecified atom stereocenters.